The first-order valence-corrected chi connectivity index (χ1v) is 31.9. The maximum atomic E-state index is 12.5. The van der Waals surface area contributed by atoms with E-state index in [-0.39, 0.29) is 18.5 Å². The number of allylic oxidation sites excluding steroid dienone is 2. The Morgan fingerprint density at radius 2 is 0.671 bits per heavy atom. The second kappa shape index (κ2) is 60.2. The van der Waals surface area contributed by atoms with E-state index in [9.17, 15) is 19.8 Å². The standard InChI is InChI=1S/C64H125NO5/c1-3-5-7-9-11-13-15-17-19-21-22-25-28-32-36-40-44-48-52-56-62(67)61(60-66)65-63(68)57-53-49-45-41-37-33-29-26-23-24-27-31-35-39-43-47-51-55-59-70-64(69)58-54-50-46-42-38-34-30-20-18-16-14-12-10-8-6-4-2/h20,30,61-62,66-67H,3-19,21-29,31-60H2,1-2H3,(H,65,68)/b30-20-. The molecule has 6 nitrogen and oxygen atoms in total. The van der Waals surface area contributed by atoms with Crippen LogP contribution in [-0.4, -0.2) is 47.4 Å². The van der Waals surface area contributed by atoms with Crippen molar-refractivity contribution in [2.75, 3.05) is 13.2 Å². The van der Waals surface area contributed by atoms with Crippen LogP contribution in [-0.2, 0) is 14.3 Å². The van der Waals surface area contributed by atoms with Crippen LogP contribution < -0.4 is 5.32 Å². The lowest BCUT2D eigenvalue weighted by molar-refractivity contribution is -0.143. The number of carbonyl (C=O) groups is 2. The smallest absolute Gasteiger partial charge is 0.305 e. The van der Waals surface area contributed by atoms with Gasteiger partial charge in [-0.1, -0.05) is 309 Å². The number of unbranched alkanes of at least 4 members (excludes halogenated alkanes) is 47. The van der Waals surface area contributed by atoms with Crippen molar-refractivity contribution in [1.29, 1.82) is 0 Å². The van der Waals surface area contributed by atoms with E-state index in [2.05, 4.69) is 31.3 Å². The van der Waals surface area contributed by atoms with Gasteiger partial charge in [-0.05, 0) is 51.4 Å². The lowest BCUT2D eigenvalue weighted by Gasteiger charge is -2.22. The molecule has 3 N–H and O–H groups in total. The van der Waals surface area contributed by atoms with Crippen LogP contribution in [0.25, 0.3) is 0 Å². The van der Waals surface area contributed by atoms with E-state index in [0.717, 1.165) is 44.9 Å². The Balaban J connectivity index is 3.40. The molecule has 0 saturated heterocycles. The monoisotopic (exact) mass is 988 g/mol. The molecule has 2 unspecified atom stereocenters. The predicted octanol–water partition coefficient (Wildman–Crippen LogP) is 20.0. The number of aliphatic hydroxyl groups is 2. The van der Waals surface area contributed by atoms with Crippen LogP contribution >= 0.6 is 0 Å². The summed E-state index contributed by atoms with van der Waals surface area (Å²) in [7, 11) is 0. The summed E-state index contributed by atoms with van der Waals surface area (Å²) in [5.74, 6) is -0.0343. The molecule has 0 spiro atoms. The van der Waals surface area contributed by atoms with Crippen LogP contribution in [0.3, 0.4) is 0 Å². The number of aliphatic hydroxyl groups excluding tert-OH is 2. The number of rotatable bonds is 60. The van der Waals surface area contributed by atoms with Crippen molar-refractivity contribution in [1.82, 2.24) is 5.32 Å². The molecule has 0 rings (SSSR count). The maximum Gasteiger partial charge on any atom is 0.305 e. The summed E-state index contributed by atoms with van der Waals surface area (Å²) in [4.78, 5) is 24.6. The van der Waals surface area contributed by atoms with E-state index in [1.54, 1.807) is 0 Å². The molecule has 2 atom stereocenters. The summed E-state index contributed by atoms with van der Waals surface area (Å²) in [6.07, 6.45) is 72.2. The fourth-order valence-electron chi connectivity index (χ4n) is 10.2. The average molecular weight is 989 g/mol. The van der Waals surface area contributed by atoms with Gasteiger partial charge < -0.3 is 20.3 Å². The summed E-state index contributed by atoms with van der Waals surface area (Å²) in [5, 5.41) is 23.4. The molecule has 0 heterocycles. The van der Waals surface area contributed by atoms with Crippen molar-refractivity contribution in [3.63, 3.8) is 0 Å². The molecule has 0 aliphatic heterocycles. The summed E-state index contributed by atoms with van der Waals surface area (Å²) >= 11 is 0. The Hall–Kier alpha value is -1.40. The zero-order chi connectivity index (χ0) is 50.7. The van der Waals surface area contributed by atoms with Gasteiger partial charge >= 0.3 is 5.97 Å². The van der Waals surface area contributed by atoms with Gasteiger partial charge in [0.25, 0.3) is 0 Å². The van der Waals surface area contributed by atoms with Crippen LogP contribution in [0.4, 0.5) is 0 Å². The Kier molecular flexibility index (Phi) is 59.0. The zero-order valence-corrected chi connectivity index (χ0v) is 47.5. The van der Waals surface area contributed by atoms with E-state index in [0.29, 0.717) is 25.9 Å². The molecule has 0 saturated carbocycles. The minimum atomic E-state index is -0.667. The second-order valence-corrected chi connectivity index (χ2v) is 22.1. The predicted molar refractivity (Wildman–Crippen MR) is 306 cm³/mol. The third-order valence-electron chi connectivity index (χ3n) is 15.1. The van der Waals surface area contributed by atoms with Gasteiger partial charge in [-0.3, -0.25) is 9.59 Å². The Bertz CT molecular complexity index is 1050. The van der Waals surface area contributed by atoms with Gasteiger partial charge in [0, 0.05) is 12.8 Å². The third kappa shape index (κ3) is 55.9. The first kappa shape index (κ1) is 68.6. The van der Waals surface area contributed by atoms with Gasteiger partial charge in [0.1, 0.15) is 0 Å². The molecule has 416 valence electrons. The third-order valence-corrected chi connectivity index (χ3v) is 15.1. The molecule has 0 aromatic heterocycles. The van der Waals surface area contributed by atoms with Gasteiger partial charge in [0.05, 0.1) is 25.4 Å². The highest BCUT2D eigenvalue weighted by molar-refractivity contribution is 5.76. The highest BCUT2D eigenvalue weighted by atomic mass is 16.5. The molecule has 0 aliphatic rings. The Morgan fingerprint density at radius 3 is 1.01 bits per heavy atom. The maximum absolute atomic E-state index is 12.5. The quantitative estimate of drug-likeness (QED) is 0.0321. The Labute approximate surface area is 438 Å². The van der Waals surface area contributed by atoms with Crippen LogP contribution in [0.2, 0.25) is 0 Å². The molecule has 0 fully saturated rings. The zero-order valence-electron chi connectivity index (χ0n) is 47.5. The first-order valence-electron chi connectivity index (χ1n) is 31.9. The van der Waals surface area contributed by atoms with Crippen molar-refractivity contribution in [2.45, 2.75) is 373 Å². The van der Waals surface area contributed by atoms with E-state index >= 15 is 0 Å². The van der Waals surface area contributed by atoms with E-state index in [1.807, 2.05) is 0 Å². The molecule has 0 aromatic carbocycles. The molecule has 70 heavy (non-hydrogen) atoms. The summed E-state index contributed by atoms with van der Waals surface area (Å²) in [6, 6.07) is -0.545. The molecule has 0 bridgehead atoms. The summed E-state index contributed by atoms with van der Waals surface area (Å²) in [6.45, 7) is 4.97. The number of hydrogen-bond acceptors (Lipinski definition) is 5. The van der Waals surface area contributed by atoms with E-state index in [4.69, 9.17) is 4.74 Å². The van der Waals surface area contributed by atoms with E-state index in [1.165, 1.54) is 283 Å². The summed E-state index contributed by atoms with van der Waals surface area (Å²) in [5.41, 5.74) is 0. The van der Waals surface area contributed by atoms with Crippen molar-refractivity contribution in [3.05, 3.63) is 12.2 Å². The fourth-order valence-corrected chi connectivity index (χ4v) is 10.2. The SMILES string of the molecule is CCCCCCCCC/C=C\CCCCCCCC(=O)OCCCCCCCCCCCCCCCCCCCCC(=O)NC(CO)C(O)CCCCCCCCCCCCCCCCCCCCC. The average Bonchev–Trinajstić information content (AvgIpc) is 3.36. The molecular formula is C64H125NO5. The number of amides is 1. The highest BCUT2D eigenvalue weighted by Crippen LogP contribution is 2.18. The molecule has 0 aliphatic carbocycles. The molecule has 6 heteroatoms. The van der Waals surface area contributed by atoms with Crippen molar-refractivity contribution >= 4 is 11.9 Å². The van der Waals surface area contributed by atoms with E-state index < -0.39 is 12.1 Å². The second-order valence-electron chi connectivity index (χ2n) is 22.1. The van der Waals surface area contributed by atoms with Crippen LogP contribution in [0.5, 0.6) is 0 Å². The largest absolute Gasteiger partial charge is 0.466 e. The molecule has 1 amide bonds. The van der Waals surface area contributed by atoms with Gasteiger partial charge in [-0.15, -0.1) is 0 Å². The number of esters is 1. The first-order chi connectivity index (χ1) is 34.5. The highest BCUT2D eigenvalue weighted by Gasteiger charge is 2.20. The van der Waals surface area contributed by atoms with Gasteiger partial charge in [-0.2, -0.15) is 0 Å². The summed E-state index contributed by atoms with van der Waals surface area (Å²) < 4.78 is 5.49. The van der Waals surface area contributed by atoms with Gasteiger partial charge in [-0.25, -0.2) is 0 Å². The lowest BCUT2D eigenvalue weighted by Crippen LogP contribution is -2.45. The minimum Gasteiger partial charge on any atom is -0.466 e. The number of ether oxygens (including phenoxy) is 1. The lowest BCUT2D eigenvalue weighted by atomic mass is 10.0. The molecular weight excluding hydrogens is 863 g/mol. The molecule has 0 radical (unpaired) electrons. The Morgan fingerprint density at radius 1 is 0.386 bits per heavy atom. The van der Waals surface area contributed by atoms with Crippen LogP contribution in [0.15, 0.2) is 12.2 Å². The topological polar surface area (TPSA) is 95.9 Å². The van der Waals surface area contributed by atoms with Crippen molar-refractivity contribution in [3.8, 4) is 0 Å². The fraction of sp³-hybridized carbons (Fsp3) is 0.938. The van der Waals surface area contributed by atoms with Crippen molar-refractivity contribution < 1.29 is 24.5 Å². The van der Waals surface area contributed by atoms with Crippen molar-refractivity contribution in [2.24, 2.45) is 0 Å². The number of carbonyl (C=O) groups excluding carboxylic acids is 2. The molecule has 0 aromatic rings. The van der Waals surface area contributed by atoms with Crippen LogP contribution in [0.1, 0.15) is 361 Å². The van der Waals surface area contributed by atoms with Gasteiger partial charge in [0.2, 0.25) is 5.91 Å². The van der Waals surface area contributed by atoms with Gasteiger partial charge in [0.15, 0.2) is 0 Å². The van der Waals surface area contributed by atoms with Crippen LogP contribution in [0, 0.1) is 0 Å². The minimum absolute atomic E-state index is 0.00103. The number of nitrogens with one attached hydrogen (secondary N) is 1. The normalized spacial score (nSPS) is 12.6. The number of hydrogen-bond donors (Lipinski definition) is 3.